The molecule has 2 heterocycles. The lowest BCUT2D eigenvalue weighted by Crippen LogP contribution is -2.46. The maximum absolute atomic E-state index is 12.2. The lowest BCUT2D eigenvalue weighted by Gasteiger charge is -2.30. The Labute approximate surface area is 115 Å². The predicted molar refractivity (Wildman–Crippen MR) is 75.0 cm³/mol. The molecule has 19 heavy (non-hydrogen) atoms. The van der Waals surface area contributed by atoms with Crippen LogP contribution in [0.25, 0.3) is 0 Å². The topological polar surface area (TPSA) is 55.8 Å². The molecule has 2 aliphatic heterocycles. The Morgan fingerprint density at radius 3 is 2.68 bits per heavy atom. The van der Waals surface area contributed by atoms with Crippen molar-refractivity contribution in [3.8, 4) is 0 Å². The molecule has 2 rings (SSSR count). The molecule has 0 spiro atoms. The first-order valence-corrected chi connectivity index (χ1v) is 7.64. The van der Waals surface area contributed by atoms with Gasteiger partial charge in [0.25, 0.3) is 0 Å². The van der Waals surface area contributed by atoms with E-state index >= 15 is 0 Å². The van der Waals surface area contributed by atoms with Gasteiger partial charge in [-0.25, -0.2) is 0 Å². The standard InChI is InChI=1S/C14H27N3O2/c18-10-9-16(11-13-5-4-6-15-13)12-14(19)17-7-2-1-3-8-17/h13,15,18H,1-12H2. The number of aliphatic hydroxyl groups is 1. The molecule has 5 nitrogen and oxygen atoms in total. The predicted octanol–water partition coefficient (Wildman–Crippen LogP) is 0.0452. The van der Waals surface area contributed by atoms with E-state index in [1.54, 1.807) is 0 Å². The Hall–Kier alpha value is -0.650. The fourth-order valence-corrected chi connectivity index (χ4v) is 3.04. The second-order valence-corrected chi connectivity index (χ2v) is 5.69. The molecule has 2 fully saturated rings. The van der Waals surface area contributed by atoms with Gasteiger partial charge in [-0.1, -0.05) is 0 Å². The molecule has 0 aromatic carbocycles. The average molecular weight is 269 g/mol. The molecule has 1 atom stereocenters. The van der Waals surface area contributed by atoms with Crippen LogP contribution < -0.4 is 5.32 Å². The van der Waals surface area contributed by atoms with Crippen LogP contribution in [0.5, 0.6) is 0 Å². The molecule has 0 aromatic rings. The summed E-state index contributed by atoms with van der Waals surface area (Å²) in [5.74, 6) is 0.228. The number of carbonyl (C=O) groups is 1. The van der Waals surface area contributed by atoms with Gasteiger partial charge < -0.3 is 15.3 Å². The highest BCUT2D eigenvalue weighted by Gasteiger charge is 2.22. The quantitative estimate of drug-likeness (QED) is 0.715. The minimum absolute atomic E-state index is 0.125. The highest BCUT2D eigenvalue weighted by atomic mass is 16.3. The fraction of sp³-hybridized carbons (Fsp3) is 0.929. The van der Waals surface area contributed by atoms with Crippen LogP contribution in [0.3, 0.4) is 0 Å². The molecular formula is C14H27N3O2. The van der Waals surface area contributed by atoms with Gasteiger partial charge in [0.2, 0.25) is 5.91 Å². The van der Waals surface area contributed by atoms with E-state index in [0.29, 0.717) is 19.1 Å². The molecule has 0 aliphatic carbocycles. The lowest BCUT2D eigenvalue weighted by molar-refractivity contribution is -0.133. The summed E-state index contributed by atoms with van der Waals surface area (Å²) in [6, 6.07) is 0.487. The average Bonchev–Trinajstić information content (AvgIpc) is 2.93. The van der Waals surface area contributed by atoms with E-state index in [2.05, 4.69) is 10.2 Å². The van der Waals surface area contributed by atoms with Crippen molar-refractivity contribution in [3.63, 3.8) is 0 Å². The number of rotatable bonds is 6. The second-order valence-electron chi connectivity index (χ2n) is 5.69. The summed E-state index contributed by atoms with van der Waals surface area (Å²) in [6.45, 7) is 4.95. The molecule has 0 saturated carbocycles. The van der Waals surface area contributed by atoms with Crippen LogP contribution >= 0.6 is 0 Å². The van der Waals surface area contributed by atoms with Gasteiger partial charge in [-0.2, -0.15) is 0 Å². The Kier molecular flexibility index (Phi) is 6.07. The highest BCUT2D eigenvalue weighted by Crippen LogP contribution is 2.10. The number of amides is 1. The Morgan fingerprint density at radius 2 is 2.05 bits per heavy atom. The zero-order valence-corrected chi connectivity index (χ0v) is 11.8. The van der Waals surface area contributed by atoms with Gasteiger partial charge in [0.05, 0.1) is 13.2 Å². The van der Waals surface area contributed by atoms with Crippen molar-refractivity contribution in [1.29, 1.82) is 0 Å². The summed E-state index contributed by atoms with van der Waals surface area (Å²) in [6.07, 6.45) is 5.92. The van der Waals surface area contributed by atoms with E-state index in [0.717, 1.165) is 39.0 Å². The van der Waals surface area contributed by atoms with Gasteiger partial charge in [-0.15, -0.1) is 0 Å². The van der Waals surface area contributed by atoms with Crippen LogP contribution in [-0.2, 0) is 4.79 Å². The zero-order valence-electron chi connectivity index (χ0n) is 11.8. The first-order chi connectivity index (χ1) is 9.29. The number of likely N-dealkylation sites (tertiary alicyclic amines) is 1. The third-order valence-corrected chi connectivity index (χ3v) is 4.12. The first kappa shape index (κ1) is 14.8. The van der Waals surface area contributed by atoms with Crippen LogP contribution in [0, 0.1) is 0 Å². The van der Waals surface area contributed by atoms with Crippen LogP contribution in [0.4, 0.5) is 0 Å². The number of hydrogen-bond donors (Lipinski definition) is 2. The Balaban J connectivity index is 1.78. The number of hydrogen-bond acceptors (Lipinski definition) is 4. The molecule has 1 amide bonds. The van der Waals surface area contributed by atoms with Crippen LogP contribution in [0.1, 0.15) is 32.1 Å². The molecule has 0 radical (unpaired) electrons. The highest BCUT2D eigenvalue weighted by molar-refractivity contribution is 5.78. The summed E-state index contributed by atoms with van der Waals surface area (Å²) in [5, 5.41) is 12.6. The monoisotopic (exact) mass is 269 g/mol. The van der Waals surface area contributed by atoms with Gasteiger partial charge in [-0.05, 0) is 38.6 Å². The van der Waals surface area contributed by atoms with Crippen molar-refractivity contribution in [1.82, 2.24) is 15.1 Å². The molecule has 5 heteroatoms. The van der Waals surface area contributed by atoms with E-state index in [1.165, 1.54) is 19.3 Å². The Bertz CT molecular complexity index is 274. The van der Waals surface area contributed by atoms with Crippen molar-refractivity contribution < 1.29 is 9.90 Å². The number of nitrogens with one attached hydrogen (secondary N) is 1. The van der Waals surface area contributed by atoms with Crippen molar-refractivity contribution in [3.05, 3.63) is 0 Å². The van der Waals surface area contributed by atoms with Gasteiger partial charge in [0.15, 0.2) is 0 Å². The number of aliphatic hydroxyl groups excluding tert-OH is 1. The molecule has 2 saturated heterocycles. The molecule has 1 unspecified atom stereocenters. The molecule has 0 bridgehead atoms. The number of carbonyl (C=O) groups excluding carboxylic acids is 1. The normalized spacial score (nSPS) is 24.1. The molecule has 2 N–H and O–H groups in total. The minimum atomic E-state index is 0.125. The molecule has 0 aromatic heterocycles. The van der Waals surface area contributed by atoms with E-state index < -0.39 is 0 Å². The summed E-state index contributed by atoms with van der Waals surface area (Å²) in [7, 11) is 0. The van der Waals surface area contributed by atoms with Crippen molar-refractivity contribution >= 4 is 5.91 Å². The third kappa shape index (κ3) is 4.75. The first-order valence-electron chi connectivity index (χ1n) is 7.64. The van der Waals surface area contributed by atoms with E-state index in [4.69, 9.17) is 5.11 Å². The summed E-state index contributed by atoms with van der Waals surface area (Å²) in [5.41, 5.74) is 0. The van der Waals surface area contributed by atoms with Gasteiger partial charge in [0, 0.05) is 32.2 Å². The SMILES string of the molecule is O=C(CN(CCO)CC1CCCN1)N1CCCCC1. The molecule has 110 valence electrons. The van der Waals surface area contributed by atoms with Crippen LogP contribution in [-0.4, -0.2) is 72.7 Å². The zero-order chi connectivity index (χ0) is 13.5. The summed E-state index contributed by atoms with van der Waals surface area (Å²) in [4.78, 5) is 16.3. The van der Waals surface area contributed by atoms with Crippen LogP contribution in [0.2, 0.25) is 0 Å². The molecule has 2 aliphatic rings. The van der Waals surface area contributed by atoms with Crippen molar-refractivity contribution in [2.45, 2.75) is 38.1 Å². The maximum atomic E-state index is 12.2. The number of nitrogens with zero attached hydrogens (tertiary/aromatic N) is 2. The number of piperidine rings is 1. The van der Waals surface area contributed by atoms with E-state index in [1.807, 2.05) is 4.90 Å². The van der Waals surface area contributed by atoms with E-state index in [-0.39, 0.29) is 12.5 Å². The van der Waals surface area contributed by atoms with Crippen molar-refractivity contribution in [2.24, 2.45) is 0 Å². The second kappa shape index (κ2) is 7.82. The van der Waals surface area contributed by atoms with Gasteiger partial charge in [-0.3, -0.25) is 9.69 Å². The maximum Gasteiger partial charge on any atom is 0.236 e. The fourth-order valence-electron chi connectivity index (χ4n) is 3.04. The summed E-state index contributed by atoms with van der Waals surface area (Å²) < 4.78 is 0. The lowest BCUT2D eigenvalue weighted by atomic mass is 10.1. The van der Waals surface area contributed by atoms with E-state index in [9.17, 15) is 4.79 Å². The van der Waals surface area contributed by atoms with Crippen LogP contribution in [0.15, 0.2) is 0 Å². The summed E-state index contributed by atoms with van der Waals surface area (Å²) >= 11 is 0. The Morgan fingerprint density at radius 1 is 1.26 bits per heavy atom. The molecular weight excluding hydrogens is 242 g/mol. The van der Waals surface area contributed by atoms with Gasteiger partial charge >= 0.3 is 0 Å². The van der Waals surface area contributed by atoms with Gasteiger partial charge in [0.1, 0.15) is 0 Å². The largest absolute Gasteiger partial charge is 0.395 e. The van der Waals surface area contributed by atoms with Crippen molar-refractivity contribution in [2.75, 3.05) is 45.9 Å². The minimum Gasteiger partial charge on any atom is -0.395 e. The third-order valence-electron chi connectivity index (χ3n) is 4.12. The smallest absolute Gasteiger partial charge is 0.236 e.